The minimum atomic E-state index is -3.57. The second-order valence-corrected chi connectivity index (χ2v) is 6.39. The second-order valence-electron chi connectivity index (χ2n) is 4.45. The van der Waals surface area contributed by atoms with Crippen LogP contribution in [0.1, 0.15) is 12.8 Å². The van der Waals surface area contributed by atoms with Gasteiger partial charge < -0.3 is 5.73 Å². The fourth-order valence-corrected chi connectivity index (χ4v) is 3.58. The molecule has 0 radical (unpaired) electrons. The summed E-state index contributed by atoms with van der Waals surface area (Å²) in [5, 5.41) is 3.85. The van der Waals surface area contributed by atoms with Gasteiger partial charge in [-0.2, -0.15) is 9.40 Å². The average Bonchev–Trinajstić information content (AvgIpc) is 2.77. The number of nitrogens with zero attached hydrogens (tertiary/aromatic N) is 3. The van der Waals surface area contributed by atoms with Gasteiger partial charge >= 0.3 is 0 Å². The standard InChI is InChI=1S/C10H16N4O3S/c1-13-7-9(5-12-13)18(16,17)14-4-2-3-8(6-14)10(11)15/h5,7-8H,2-4,6H2,1H3,(H2,11,15). The van der Waals surface area contributed by atoms with E-state index in [0.29, 0.717) is 19.4 Å². The number of hydrogen-bond donors (Lipinski definition) is 1. The number of nitrogens with two attached hydrogens (primary N) is 1. The number of carbonyl (C=O) groups excluding carboxylic acids is 1. The average molecular weight is 272 g/mol. The molecular formula is C10H16N4O3S. The van der Waals surface area contributed by atoms with Crippen LogP contribution in [0, 0.1) is 5.92 Å². The van der Waals surface area contributed by atoms with Crippen molar-refractivity contribution in [3.63, 3.8) is 0 Å². The summed E-state index contributed by atoms with van der Waals surface area (Å²) in [4.78, 5) is 11.3. The summed E-state index contributed by atoms with van der Waals surface area (Å²) in [5.41, 5.74) is 5.24. The fraction of sp³-hybridized carbons (Fsp3) is 0.600. The van der Waals surface area contributed by atoms with Gasteiger partial charge in [0.05, 0.1) is 12.1 Å². The smallest absolute Gasteiger partial charge is 0.246 e. The number of aryl methyl sites for hydroxylation is 1. The van der Waals surface area contributed by atoms with Crippen LogP contribution < -0.4 is 5.73 Å². The Kier molecular flexibility index (Phi) is 3.40. The summed E-state index contributed by atoms with van der Waals surface area (Å²) in [7, 11) is -1.91. The van der Waals surface area contributed by atoms with Crippen LogP contribution in [0.3, 0.4) is 0 Å². The molecule has 1 aromatic rings. The van der Waals surface area contributed by atoms with E-state index in [4.69, 9.17) is 5.73 Å². The van der Waals surface area contributed by atoms with Crippen molar-refractivity contribution in [3.8, 4) is 0 Å². The Morgan fingerprint density at radius 3 is 2.83 bits per heavy atom. The number of rotatable bonds is 3. The van der Waals surface area contributed by atoms with Crippen molar-refractivity contribution < 1.29 is 13.2 Å². The van der Waals surface area contributed by atoms with Crippen LogP contribution in [0.15, 0.2) is 17.3 Å². The normalized spacial score (nSPS) is 21.9. The third kappa shape index (κ3) is 2.39. The summed E-state index contributed by atoms with van der Waals surface area (Å²) in [5.74, 6) is -0.841. The molecule has 0 aromatic carbocycles. The lowest BCUT2D eigenvalue weighted by Crippen LogP contribution is -2.43. The summed E-state index contributed by atoms with van der Waals surface area (Å²) in [6, 6.07) is 0. The number of hydrogen-bond acceptors (Lipinski definition) is 4. The first-order chi connectivity index (χ1) is 8.41. The first-order valence-corrected chi connectivity index (χ1v) is 7.13. The first kappa shape index (κ1) is 13.0. The zero-order chi connectivity index (χ0) is 13.3. The molecule has 2 rings (SSSR count). The van der Waals surface area contributed by atoms with E-state index in [2.05, 4.69) is 5.10 Å². The van der Waals surface area contributed by atoms with Gasteiger partial charge in [0.2, 0.25) is 15.9 Å². The van der Waals surface area contributed by atoms with Crippen molar-refractivity contribution in [1.82, 2.24) is 14.1 Å². The van der Waals surface area contributed by atoms with E-state index in [1.807, 2.05) is 0 Å². The van der Waals surface area contributed by atoms with Crippen LogP contribution in [0.5, 0.6) is 0 Å². The molecule has 0 aliphatic carbocycles. The molecule has 7 nitrogen and oxygen atoms in total. The Morgan fingerprint density at radius 2 is 2.28 bits per heavy atom. The van der Waals surface area contributed by atoms with E-state index in [0.717, 1.165) is 0 Å². The molecule has 1 aliphatic heterocycles. The zero-order valence-electron chi connectivity index (χ0n) is 10.1. The quantitative estimate of drug-likeness (QED) is 0.787. The molecule has 1 fully saturated rings. The Labute approximate surface area is 106 Å². The molecule has 2 N–H and O–H groups in total. The van der Waals surface area contributed by atoms with Crippen LogP contribution >= 0.6 is 0 Å². The van der Waals surface area contributed by atoms with Crippen LogP contribution in [0.2, 0.25) is 0 Å². The molecular weight excluding hydrogens is 256 g/mol. The predicted molar refractivity (Wildman–Crippen MR) is 63.9 cm³/mol. The highest BCUT2D eigenvalue weighted by Crippen LogP contribution is 2.23. The molecule has 8 heteroatoms. The van der Waals surface area contributed by atoms with Crippen molar-refractivity contribution >= 4 is 15.9 Å². The van der Waals surface area contributed by atoms with Crippen molar-refractivity contribution in [3.05, 3.63) is 12.4 Å². The van der Waals surface area contributed by atoms with Crippen molar-refractivity contribution in [2.75, 3.05) is 13.1 Å². The van der Waals surface area contributed by atoms with Crippen molar-refractivity contribution in [1.29, 1.82) is 0 Å². The Hall–Kier alpha value is -1.41. The van der Waals surface area contributed by atoms with E-state index in [9.17, 15) is 13.2 Å². The molecule has 0 saturated carbocycles. The Morgan fingerprint density at radius 1 is 1.56 bits per heavy atom. The Balaban J connectivity index is 2.22. The molecule has 2 heterocycles. The maximum absolute atomic E-state index is 12.3. The third-order valence-electron chi connectivity index (χ3n) is 3.11. The van der Waals surface area contributed by atoms with Gasteiger partial charge in [-0.05, 0) is 12.8 Å². The largest absolute Gasteiger partial charge is 0.369 e. The first-order valence-electron chi connectivity index (χ1n) is 5.69. The van der Waals surface area contributed by atoms with E-state index >= 15 is 0 Å². The topological polar surface area (TPSA) is 98.3 Å². The molecule has 1 saturated heterocycles. The second kappa shape index (κ2) is 4.69. The lowest BCUT2D eigenvalue weighted by molar-refractivity contribution is -0.122. The number of primary amides is 1. The monoisotopic (exact) mass is 272 g/mol. The van der Waals surface area contributed by atoms with Crippen molar-refractivity contribution in [2.24, 2.45) is 18.7 Å². The van der Waals surface area contributed by atoms with E-state index in [1.54, 1.807) is 7.05 Å². The van der Waals surface area contributed by atoms with Crippen LogP contribution in [0.4, 0.5) is 0 Å². The maximum Gasteiger partial charge on any atom is 0.246 e. The molecule has 1 aromatic heterocycles. The molecule has 0 spiro atoms. The van der Waals surface area contributed by atoms with Crippen LogP contribution in [0.25, 0.3) is 0 Å². The summed E-state index contributed by atoms with van der Waals surface area (Å²) in [6.45, 7) is 0.577. The van der Waals surface area contributed by atoms with Gasteiger partial charge in [-0.3, -0.25) is 9.48 Å². The number of sulfonamides is 1. The molecule has 1 amide bonds. The summed E-state index contributed by atoms with van der Waals surface area (Å²) in [6.07, 6.45) is 4.05. The molecule has 18 heavy (non-hydrogen) atoms. The number of carbonyl (C=O) groups is 1. The Bertz CT molecular complexity index is 551. The SMILES string of the molecule is Cn1cc(S(=O)(=O)N2CCCC(C(N)=O)C2)cn1. The molecule has 1 aliphatic rings. The number of piperidine rings is 1. The lowest BCUT2D eigenvalue weighted by atomic mass is 9.99. The highest BCUT2D eigenvalue weighted by molar-refractivity contribution is 7.89. The summed E-state index contributed by atoms with van der Waals surface area (Å²) >= 11 is 0. The van der Waals surface area contributed by atoms with Gasteiger partial charge in [0.15, 0.2) is 0 Å². The minimum absolute atomic E-state index is 0.148. The molecule has 0 bridgehead atoms. The minimum Gasteiger partial charge on any atom is -0.369 e. The highest BCUT2D eigenvalue weighted by Gasteiger charge is 2.32. The van der Waals surface area contributed by atoms with Gasteiger partial charge in [-0.25, -0.2) is 8.42 Å². The molecule has 1 atom stereocenters. The molecule has 100 valence electrons. The maximum atomic E-state index is 12.3. The van der Waals surface area contributed by atoms with Crippen LogP contribution in [-0.2, 0) is 21.9 Å². The zero-order valence-corrected chi connectivity index (χ0v) is 10.9. The third-order valence-corrected chi connectivity index (χ3v) is 4.92. The fourth-order valence-electron chi connectivity index (χ4n) is 2.07. The lowest BCUT2D eigenvalue weighted by Gasteiger charge is -2.29. The van der Waals surface area contributed by atoms with Crippen molar-refractivity contribution in [2.45, 2.75) is 17.7 Å². The van der Waals surface area contributed by atoms with Gasteiger partial charge in [0, 0.05) is 26.3 Å². The predicted octanol–water partition coefficient (Wildman–Crippen LogP) is -0.694. The van der Waals surface area contributed by atoms with Gasteiger partial charge in [-0.15, -0.1) is 0 Å². The van der Waals surface area contributed by atoms with Gasteiger partial charge in [0.25, 0.3) is 0 Å². The van der Waals surface area contributed by atoms with Crippen LogP contribution in [-0.4, -0.2) is 41.5 Å². The van der Waals surface area contributed by atoms with E-state index < -0.39 is 21.8 Å². The van der Waals surface area contributed by atoms with Gasteiger partial charge in [0.1, 0.15) is 4.90 Å². The highest BCUT2D eigenvalue weighted by atomic mass is 32.2. The number of amides is 1. The number of aromatic nitrogens is 2. The molecule has 1 unspecified atom stereocenters. The van der Waals surface area contributed by atoms with Gasteiger partial charge in [-0.1, -0.05) is 0 Å². The van der Waals surface area contributed by atoms with E-state index in [-0.39, 0.29) is 11.4 Å². The van der Waals surface area contributed by atoms with E-state index in [1.165, 1.54) is 21.4 Å². The summed E-state index contributed by atoms with van der Waals surface area (Å²) < 4.78 is 27.3.